The van der Waals surface area contributed by atoms with Crippen molar-refractivity contribution in [2.45, 2.75) is 4.21 Å². The van der Waals surface area contributed by atoms with Gasteiger partial charge in [0, 0.05) is 0 Å². The van der Waals surface area contributed by atoms with Crippen LogP contribution >= 0.6 is 27.3 Å². The highest BCUT2D eigenvalue weighted by atomic mass is 79.9. The van der Waals surface area contributed by atoms with Crippen molar-refractivity contribution in [1.82, 2.24) is 0 Å². The highest BCUT2D eigenvalue weighted by molar-refractivity contribution is 9.11. The van der Waals surface area contributed by atoms with Crippen LogP contribution in [0.5, 0.6) is 0 Å². The molecule has 0 aliphatic heterocycles. The molecule has 1 aromatic carbocycles. The van der Waals surface area contributed by atoms with E-state index in [9.17, 15) is 12.8 Å². The molecule has 0 unspecified atom stereocenters. The van der Waals surface area contributed by atoms with E-state index < -0.39 is 15.8 Å². The maximum atomic E-state index is 12.9. The smallest absolute Gasteiger partial charge is 0.271 e. The number of benzene rings is 1. The van der Waals surface area contributed by atoms with Crippen LogP contribution in [0, 0.1) is 5.82 Å². The summed E-state index contributed by atoms with van der Waals surface area (Å²) in [5.41, 5.74) is 0.203. The van der Waals surface area contributed by atoms with Gasteiger partial charge in [0.25, 0.3) is 10.0 Å². The Labute approximate surface area is 110 Å². The normalized spacial score (nSPS) is 11.4. The first-order valence-corrected chi connectivity index (χ1v) is 7.60. The Morgan fingerprint density at radius 2 is 2.00 bits per heavy atom. The molecule has 0 atom stereocenters. The molecule has 0 bridgehead atoms. The third-order valence-corrected chi connectivity index (χ3v) is 5.39. The summed E-state index contributed by atoms with van der Waals surface area (Å²) >= 11 is 4.28. The number of anilines is 1. The van der Waals surface area contributed by atoms with Gasteiger partial charge in [-0.15, -0.1) is 11.3 Å². The minimum absolute atomic E-state index is 0.175. The minimum atomic E-state index is -3.64. The molecular weight excluding hydrogens is 329 g/mol. The number of thiophene rings is 1. The average Bonchev–Trinajstić information content (AvgIpc) is 2.65. The van der Waals surface area contributed by atoms with Gasteiger partial charge in [0.15, 0.2) is 0 Å². The molecule has 0 fully saturated rings. The van der Waals surface area contributed by atoms with Gasteiger partial charge in [0.2, 0.25) is 0 Å². The second kappa shape index (κ2) is 4.75. The van der Waals surface area contributed by atoms with Gasteiger partial charge in [-0.3, -0.25) is 4.72 Å². The summed E-state index contributed by atoms with van der Waals surface area (Å²) in [6, 6.07) is 8.43. The van der Waals surface area contributed by atoms with Crippen LogP contribution in [-0.2, 0) is 10.0 Å². The lowest BCUT2D eigenvalue weighted by atomic mass is 10.3. The van der Waals surface area contributed by atoms with Crippen molar-refractivity contribution in [2.24, 2.45) is 0 Å². The van der Waals surface area contributed by atoms with Gasteiger partial charge in [0.05, 0.1) is 9.47 Å². The zero-order valence-electron chi connectivity index (χ0n) is 8.35. The molecule has 2 rings (SSSR count). The van der Waals surface area contributed by atoms with Crippen LogP contribution in [0.15, 0.2) is 44.4 Å². The van der Waals surface area contributed by atoms with E-state index in [0.29, 0.717) is 0 Å². The van der Waals surface area contributed by atoms with Crippen LogP contribution in [0.4, 0.5) is 10.1 Å². The van der Waals surface area contributed by atoms with Crippen LogP contribution in [-0.4, -0.2) is 8.42 Å². The summed E-state index contributed by atoms with van der Waals surface area (Å²) in [7, 11) is -3.64. The van der Waals surface area contributed by atoms with Gasteiger partial charge < -0.3 is 0 Å². The number of halogens is 2. The Morgan fingerprint density at radius 1 is 1.24 bits per heavy atom. The van der Waals surface area contributed by atoms with Crippen molar-refractivity contribution in [3.05, 3.63) is 46.0 Å². The monoisotopic (exact) mass is 335 g/mol. The number of rotatable bonds is 3. The number of sulfonamides is 1. The van der Waals surface area contributed by atoms with Crippen LogP contribution in [0.2, 0.25) is 0 Å². The first kappa shape index (κ1) is 12.5. The lowest BCUT2D eigenvalue weighted by molar-refractivity contribution is 0.603. The summed E-state index contributed by atoms with van der Waals surface area (Å²) in [4.78, 5) is 0. The van der Waals surface area contributed by atoms with Crippen molar-refractivity contribution >= 4 is 43.0 Å². The molecular formula is C10H7BrFNO2S2. The number of hydrogen-bond acceptors (Lipinski definition) is 3. The van der Waals surface area contributed by atoms with E-state index in [0.717, 1.165) is 21.2 Å². The molecule has 0 saturated carbocycles. The van der Waals surface area contributed by atoms with Gasteiger partial charge in [-0.1, -0.05) is 6.07 Å². The molecule has 2 aromatic rings. The van der Waals surface area contributed by atoms with Gasteiger partial charge in [-0.2, -0.15) is 0 Å². The Kier molecular flexibility index (Phi) is 3.50. The lowest BCUT2D eigenvalue weighted by Gasteiger charge is -2.05. The highest BCUT2D eigenvalue weighted by Gasteiger charge is 2.16. The fourth-order valence-electron chi connectivity index (χ4n) is 1.20. The Bertz CT molecular complexity index is 639. The first-order valence-electron chi connectivity index (χ1n) is 4.51. The van der Waals surface area contributed by atoms with Crippen molar-refractivity contribution in [3.8, 4) is 0 Å². The van der Waals surface area contributed by atoms with Gasteiger partial charge in [0.1, 0.15) is 10.0 Å². The standard InChI is InChI=1S/C10H7BrFNO2S2/c11-9-4-5-10(16-9)17(14,15)13-8-3-1-2-7(12)6-8/h1-6,13H. The molecule has 1 heterocycles. The second-order valence-electron chi connectivity index (χ2n) is 3.17. The second-order valence-corrected chi connectivity index (χ2v) is 7.55. The molecule has 0 radical (unpaired) electrons. The molecule has 7 heteroatoms. The predicted molar refractivity (Wildman–Crippen MR) is 69.2 cm³/mol. The van der Waals surface area contributed by atoms with Gasteiger partial charge >= 0.3 is 0 Å². The molecule has 1 N–H and O–H groups in total. The van der Waals surface area contributed by atoms with Crippen LogP contribution in [0.3, 0.4) is 0 Å². The Balaban J connectivity index is 2.29. The van der Waals surface area contributed by atoms with Crippen LogP contribution < -0.4 is 4.72 Å². The fraction of sp³-hybridized carbons (Fsp3) is 0. The molecule has 90 valence electrons. The van der Waals surface area contributed by atoms with Crippen molar-refractivity contribution in [2.75, 3.05) is 4.72 Å². The van der Waals surface area contributed by atoms with E-state index in [1.165, 1.54) is 24.3 Å². The number of nitrogens with one attached hydrogen (secondary N) is 1. The maximum Gasteiger partial charge on any atom is 0.271 e. The zero-order chi connectivity index (χ0) is 12.5. The summed E-state index contributed by atoms with van der Waals surface area (Å²) in [5, 5.41) is 0. The highest BCUT2D eigenvalue weighted by Crippen LogP contribution is 2.27. The lowest BCUT2D eigenvalue weighted by Crippen LogP contribution is -2.11. The van der Waals surface area contributed by atoms with Gasteiger partial charge in [-0.25, -0.2) is 12.8 Å². The van der Waals surface area contributed by atoms with Crippen molar-refractivity contribution in [1.29, 1.82) is 0 Å². The van der Waals surface area contributed by atoms with E-state index in [4.69, 9.17) is 0 Å². The number of hydrogen-bond donors (Lipinski definition) is 1. The summed E-state index contributed by atoms with van der Waals surface area (Å²) in [5.74, 6) is -0.488. The Morgan fingerprint density at radius 3 is 2.59 bits per heavy atom. The SMILES string of the molecule is O=S(=O)(Nc1cccc(F)c1)c1ccc(Br)s1. The fourth-order valence-corrected chi connectivity index (χ4v) is 4.26. The molecule has 3 nitrogen and oxygen atoms in total. The van der Waals surface area contributed by atoms with E-state index in [2.05, 4.69) is 20.7 Å². The Hall–Kier alpha value is -0.920. The average molecular weight is 336 g/mol. The minimum Gasteiger partial charge on any atom is -0.279 e. The predicted octanol–water partition coefficient (Wildman–Crippen LogP) is 3.45. The molecule has 0 saturated heterocycles. The molecule has 1 aromatic heterocycles. The van der Waals surface area contributed by atoms with E-state index in [-0.39, 0.29) is 9.90 Å². The zero-order valence-corrected chi connectivity index (χ0v) is 11.6. The first-order chi connectivity index (χ1) is 7.97. The van der Waals surface area contributed by atoms with Crippen LogP contribution in [0.1, 0.15) is 0 Å². The van der Waals surface area contributed by atoms with Crippen molar-refractivity contribution in [3.63, 3.8) is 0 Å². The van der Waals surface area contributed by atoms with Crippen molar-refractivity contribution < 1.29 is 12.8 Å². The molecule has 0 aliphatic rings. The summed E-state index contributed by atoms with van der Waals surface area (Å²) in [6.07, 6.45) is 0. The topological polar surface area (TPSA) is 46.2 Å². The quantitative estimate of drug-likeness (QED) is 0.933. The third-order valence-electron chi connectivity index (χ3n) is 1.89. The molecule has 17 heavy (non-hydrogen) atoms. The summed E-state index contributed by atoms with van der Waals surface area (Å²) in [6.45, 7) is 0. The van der Waals surface area contributed by atoms with E-state index >= 15 is 0 Å². The maximum absolute atomic E-state index is 12.9. The van der Waals surface area contributed by atoms with E-state index in [1.54, 1.807) is 6.07 Å². The third kappa shape index (κ3) is 3.05. The largest absolute Gasteiger partial charge is 0.279 e. The molecule has 0 spiro atoms. The van der Waals surface area contributed by atoms with Gasteiger partial charge in [-0.05, 0) is 46.3 Å². The summed E-state index contributed by atoms with van der Waals surface area (Å²) < 4.78 is 39.9. The molecule has 0 aliphatic carbocycles. The van der Waals surface area contributed by atoms with E-state index in [1.807, 2.05) is 0 Å². The molecule has 0 amide bonds. The van der Waals surface area contributed by atoms with Crippen LogP contribution in [0.25, 0.3) is 0 Å².